The lowest BCUT2D eigenvalue weighted by Crippen LogP contribution is -2.44. The number of anilines is 1. The topological polar surface area (TPSA) is 81.9 Å². The van der Waals surface area contributed by atoms with Crippen molar-refractivity contribution in [3.05, 3.63) is 24.0 Å². The molecule has 9 heteroatoms. The minimum atomic E-state index is 0.193. The molecule has 1 aliphatic heterocycles. The lowest BCUT2D eigenvalue weighted by atomic mass is 10.2. The predicted octanol–water partition coefficient (Wildman–Crippen LogP) is 2.18. The fraction of sp³-hybridized carbons (Fsp3) is 0.438. The molecule has 1 fully saturated rings. The number of hydrogen-bond donors (Lipinski definition) is 0. The third-order valence-corrected chi connectivity index (χ3v) is 4.49. The number of fused-ring (bicyclic) bond motifs is 1. The number of hydrogen-bond acceptors (Lipinski definition) is 7. The van der Waals surface area contributed by atoms with Crippen molar-refractivity contribution >= 4 is 28.6 Å². The zero-order valence-corrected chi connectivity index (χ0v) is 14.8. The summed E-state index contributed by atoms with van der Waals surface area (Å²) in [5.41, 5.74) is 2.29. The van der Waals surface area contributed by atoms with Crippen molar-refractivity contribution in [2.45, 2.75) is 26.4 Å². The molecule has 3 aromatic rings. The Hall–Kier alpha value is -2.32. The smallest absolute Gasteiger partial charge is 0.226 e. The van der Waals surface area contributed by atoms with E-state index in [1.165, 1.54) is 6.33 Å². The average molecular weight is 360 g/mol. The molecule has 1 saturated heterocycles. The van der Waals surface area contributed by atoms with Crippen LogP contribution in [0.1, 0.15) is 13.8 Å². The molecule has 8 nitrogen and oxygen atoms in total. The maximum absolute atomic E-state index is 6.23. The van der Waals surface area contributed by atoms with Gasteiger partial charge < -0.3 is 14.2 Å². The van der Waals surface area contributed by atoms with E-state index in [9.17, 15) is 0 Å². The molecule has 1 aliphatic rings. The molecule has 0 saturated carbocycles. The quantitative estimate of drug-likeness (QED) is 0.663. The minimum absolute atomic E-state index is 0.193. The highest BCUT2D eigenvalue weighted by molar-refractivity contribution is 6.28. The van der Waals surface area contributed by atoms with Crippen LogP contribution in [0.3, 0.4) is 0 Å². The number of rotatable bonds is 3. The zero-order valence-electron chi connectivity index (χ0n) is 14.1. The molecule has 0 N–H and O–H groups in total. The monoisotopic (exact) mass is 359 g/mol. The number of nitrogens with zero attached hydrogens (tertiary/aromatic N) is 7. The normalized spacial score (nSPS) is 18.0. The molecule has 0 aromatic carbocycles. The van der Waals surface area contributed by atoms with Gasteiger partial charge in [0.1, 0.15) is 12.2 Å². The van der Waals surface area contributed by atoms with Gasteiger partial charge in [-0.2, -0.15) is 9.97 Å². The van der Waals surface area contributed by atoms with Gasteiger partial charge in [0.2, 0.25) is 5.28 Å². The second-order valence-electron chi connectivity index (χ2n) is 5.91. The second kappa shape index (κ2) is 6.53. The van der Waals surface area contributed by atoms with Crippen LogP contribution in [-0.4, -0.2) is 55.3 Å². The van der Waals surface area contributed by atoms with Gasteiger partial charge in [0.25, 0.3) is 0 Å². The van der Waals surface area contributed by atoms with Crippen LogP contribution in [-0.2, 0) is 11.3 Å². The first kappa shape index (κ1) is 16.2. The lowest BCUT2D eigenvalue weighted by molar-refractivity contribution is 0.0986. The van der Waals surface area contributed by atoms with Crippen LogP contribution in [0.15, 0.2) is 18.7 Å². The summed E-state index contributed by atoms with van der Waals surface area (Å²) in [4.78, 5) is 24.1. The Morgan fingerprint density at radius 2 is 2.04 bits per heavy atom. The van der Waals surface area contributed by atoms with E-state index in [2.05, 4.69) is 31.8 Å². The number of halogens is 1. The summed E-state index contributed by atoms with van der Waals surface area (Å²) >= 11 is 6.23. The van der Waals surface area contributed by atoms with Crippen LogP contribution in [0.4, 0.5) is 5.82 Å². The first-order chi connectivity index (χ1) is 12.2. The summed E-state index contributed by atoms with van der Waals surface area (Å²) in [6.45, 7) is 6.89. The van der Waals surface area contributed by atoms with Gasteiger partial charge in [-0.15, -0.1) is 0 Å². The fourth-order valence-electron chi connectivity index (χ4n) is 3.14. The molecule has 4 rings (SSSR count). The molecular formula is C16H18ClN7O. The Morgan fingerprint density at radius 3 is 2.76 bits per heavy atom. The van der Waals surface area contributed by atoms with E-state index in [1.54, 1.807) is 12.4 Å². The zero-order chi connectivity index (χ0) is 17.4. The van der Waals surface area contributed by atoms with Crippen LogP contribution in [0.5, 0.6) is 0 Å². The summed E-state index contributed by atoms with van der Waals surface area (Å²) in [5.74, 6) is 1.51. The van der Waals surface area contributed by atoms with E-state index in [0.717, 1.165) is 34.9 Å². The number of ether oxygens (including phenoxy) is 1. The molecular weight excluding hydrogens is 342 g/mol. The van der Waals surface area contributed by atoms with Crippen LogP contribution in [0.2, 0.25) is 5.28 Å². The maximum Gasteiger partial charge on any atom is 0.226 e. The molecule has 0 spiro atoms. The molecule has 4 heterocycles. The summed E-state index contributed by atoms with van der Waals surface area (Å²) in [6, 6.07) is 0.193. The Bertz CT molecular complexity index is 898. The number of aryl methyl sites for hydroxylation is 1. The molecule has 3 aromatic heterocycles. The van der Waals surface area contributed by atoms with Crippen LogP contribution >= 0.6 is 11.6 Å². The molecule has 0 amide bonds. The Balaban J connectivity index is 1.94. The third kappa shape index (κ3) is 2.81. The Kier molecular flexibility index (Phi) is 4.22. The van der Waals surface area contributed by atoms with E-state index < -0.39 is 0 Å². The van der Waals surface area contributed by atoms with Gasteiger partial charge >= 0.3 is 0 Å². The van der Waals surface area contributed by atoms with Crippen molar-refractivity contribution in [1.82, 2.24) is 29.5 Å². The van der Waals surface area contributed by atoms with E-state index in [0.29, 0.717) is 19.8 Å². The molecule has 130 valence electrons. The first-order valence-electron chi connectivity index (χ1n) is 8.22. The molecule has 25 heavy (non-hydrogen) atoms. The Morgan fingerprint density at radius 1 is 1.24 bits per heavy atom. The van der Waals surface area contributed by atoms with Gasteiger partial charge in [-0.05, 0) is 25.4 Å². The summed E-state index contributed by atoms with van der Waals surface area (Å²) < 4.78 is 7.55. The molecule has 0 radical (unpaired) electrons. The maximum atomic E-state index is 6.23. The summed E-state index contributed by atoms with van der Waals surface area (Å²) in [6.07, 6.45) is 4.98. The van der Waals surface area contributed by atoms with E-state index >= 15 is 0 Å². The van der Waals surface area contributed by atoms with Gasteiger partial charge in [-0.25, -0.2) is 15.0 Å². The summed E-state index contributed by atoms with van der Waals surface area (Å²) in [7, 11) is 0. The van der Waals surface area contributed by atoms with Gasteiger partial charge in [0, 0.05) is 25.5 Å². The number of imidazole rings is 1. The summed E-state index contributed by atoms with van der Waals surface area (Å²) in [5, 5.41) is 0.214. The van der Waals surface area contributed by atoms with Gasteiger partial charge in [-0.3, -0.25) is 0 Å². The van der Waals surface area contributed by atoms with E-state index in [4.69, 9.17) is 21.3 Å². The third-order valence-electron chi connectivity index (χ3n) is 4.32. The van der Waals surface area contributed by atoms with Gasteiger partial charge in [0.05, 0.1) is 24.8 Å². The highest BCUT2D eigenvalue weighted by atomic mass is 35.5. The highest BCUT2D eigenvalue weighted by Crippen LogP contribution is 2.31. The Labute approximate surface area is 149 Å². The van der Waals surface area contributed by atoms with Crippen molar-refractivity contribution < 1.29 is 4.74 Å². The fourth-order valence-corrected chi connectivity index (χ4v) is 3.30. The van der Waals surface area contributed by atoms with Crippen molar-refractivity contribution in [1.29, 1.82) is 0 Å². The minimum Gasteiger partial charge on any atom is -0.377 e. The molecule has 0 aliphatic carbocycles. The van der Waals surface area contributed by atoms with E-state index in [-0.39, 0.29) is 11.3 Å². The van der Waals surface area contributed by atoms with Gasteiger partial charge in [0.15, 0.2) is 17.0 Å². The van der Waals surface area contributed by atoms with Crippen molar-refractivity contribution in [2.75, 3.05) is 24.7 Å². The van der Waals surface area contributed by atoms with E-state index in [1.807, 2.05) is 11.5 Å². The SMILES string of the molecule is CCn1c(-c2cncnc2)nc2c(N3CCOC[C@@H]3C)nc(Cl)nc21. The van der Waals surface area contributed by atoms with Crippen LogP contribution in [0.25, 0.3) is 22.6 Å². The average Bonchev–Trinajstić information content (AvgIpc) is 3.00. The number of morpholine rings is 1. The van der Waals surface area contributed by atoms with Crippen LogP contribution < -0.4 is 4.90 Å². The largest absolute Gasteiger partial charge is 0.377 e. The van der Waals surface area contributed by atoms with Crippen molar-refractivity contribution in [3.8, 4) is 11.4 Å². The van der Waals surface area contributed by atoms with Gasteiger partial charge in [-0.1, -0.05) is 0 Å². The van der Waals surface area contributed by atoms with Crippen molar-refractivity contribution in [2.24, 2.45) is 0 Å². The van der Waals surface area contributed by atoms with Crippen LogP contribution in [0, 0.1) is 0 Å². The predicted molar refractivity (Wildman–Crippen MR) is 94.7 cm³/mol. The lowest BCUT2D eigenvalue weighted by Gasteiger charge is -2.34. The van der Waals surface area contributed by atoms with Crippen molar-refractivity contribution in [3.63, 3.8) is 0 Å². The number of aromatic nitrogens is 6. The molecule has 1 atom stereocenters. The first-order valence-corrected chi connectivity index (χ1v) is 8.60. The molecule has 0 unspecified atom stereocenters. The standard InChI is InChI=1S/C16H18ClN7O/c1-3-23-13(11-6-18-9-19-7-11)20-12-14(23)21-16(17)22-15(12)24-4-5-25-8-10(24)2/h6-7,9-10H,3-5,8H2,1-2H3/t10-/m0/s1. The highest BCUT2D eigenvalue weighted by Gasteiger charge is 2.26. The second-order valence-corrected chi connectivity index (χ2v) is 6.25. The molecule has 0 bridgehead atoms.